The summed E-state index contributed by atoms with van der Waals surface area (Å²) in [5.74, 6) is 0.651. The SMILES string of the molecule is C[C@](N)(COP(=O)(O)O)c1nnc(-c2ccc(-c3cnn(CCC4CCCC4)c3)c(C(F)(F)F)c2)s1. The average Bonchev–Trinajstić information content (AvgIpc) is 3.57. The van der Waals surface area contributed by atoms with Crippen molar-refractivity contribution < 1.29 is 32.0 Å². The Hall–Kier alpha value is -2.15. The number of benzene rings is 1. The molecule has 14 heteroatoms. The zero-order valence-electron chi connectivity index (χ0n) is 19.5. The fourth-order valence-corrected chi connectivity index (χ4v) is 5.57. The molecule has 1 fully saturated rings. The van der Waals surface area contributed by atoms with Crippen molar-refractivity contribution in [2.75, 3.05) is 6.61 Å². The Balaban J connectivity index is 1.57. The highest BCUT2D eigenvalue weighted by Gasteiger charge is 2.35. The topological polar surface area (TPSA) is 136 Å². The average molecular weight is 546 g/mol. The van der Waals surface area contributed by atoms with E-state index in [1.807, 2.05) is 0 Å². The van der Waals surface area contributed by atoms with Crippen molar-refractivity contribution in [3.05, 3.63) is 41.2 Å². The Kier molecular flexibility index (Phi) is 7.70. The molecule has 1 saturated carbocycles. The minimum absolute atomic E-state index is 0.0156. The first-order valence-electron chi connectivity index (χ1n) is 11.4. The van der Waals surface area contributed by atoms with Crippen LogP contribution in [0.15, 0.2) is 30.6 Å². The lowest BCUT2D eigenvalue weighted by molar-refractivity contribution is -0.137. The number of aromatic nitrogens is 4. The Morgan fingerprint density at radius 1 is 1.22 bits per heavy atom. The van der Waals surface area contributed by atoms with Crippen LogP contribution in [0.4, 0.5) is 13.2 Å². The van der Waals surface area contributed by atoms with Crippen LogP contribution in [-0.2, 0) is 27.3 Å². The molecule has 0 amide bonds. The van der Waals surface area contributed by atoms with E-state index in [-0.39, 0.29) is 21.1 Å². The van der Waals surface area contributed by atoms with Gasteiger partial charge in [0.15, 0.2) is 0 Å². The molecule has 0 radical (unpaired) electrons. The van der Waals surface area contributed by atoms with Gasteiger partial charge in [0.1, 0.15) is 10.0 Å². The molecule has 36 heavy (non-hydrogen) atoms. The van der Waals surface area contributed by atoms with E-state index in [4.69, 9.17) is 15.5 Å². The van der Waals surface area contributed by atoms with E-state index in [1.54, 1.807) is 10.9 Å². The normalized spacial score (nSPS) is 17.0. The number of alkyl halides is 3. The standard InChI is InChI=1S/C22H27F3N5O4PS/c1-21(26,13-34-35(31,32)33)20-29-28-19(36-20)15-6-7-17(18(10-15)22(23,24)25)16-11-27-30(12-16)9-8-14-4-2-3-5-14/h6-7,10-12,14H,2-5,8-9,13,26H2,1H3,(H2,31,32,33)/t21-/m0/s1. The number of phosphoric acid groups is 1. The van der Waals surface area contributed by atoms with Gasteiger partial charge in [0.25, 0.3) is 0 Å². The van der Waals surface area contributed by atoms with Gasteiger partial charge in [-0.05, 0) is 30.9 Å². The highest BCUT2D eigenvalue weighted by Crippen LogP contribution is 2.41. The smallest absolute Gasteiger partial charge is 0.318 e. The largest absolute Gasteiger partial charge is 0.469 e. The Morgan fingerprint density at radius 3 is 2.61 bits per heavy atom. The number of nitrogens with zero attached hydrogens (tertiary/aromatic N) is 4. The number of aryl methyl sites for hydroxylation is 1. The van der Waals surface area contributed by atoms with Crippen LogP contribution in [0.3, 0.4) is 0 Å². The molecule has 4 N–H and O–H groups in total. The van der Waals surface area contributed by atoms with Crippen molar-refractivity contribution >= 4 is 19.2 Å². The molecule has 196 valence electrons. The summed E-state index contributed by atoms with van der Waals surface area (Å²) in [4.78, 5) is 17.8. The van der Waals surface area contributed by atoms with Gasteiger partial charge in [0.2, 0.25) is 0 Å². The van der Waals surface area contributed by atoms with Crippen molar-refractivity contribution in [3.8, 4) is 21.7 Å². The maximum absolute atomic E-state index is 14.0. The van der Waals surface area contributed by atoms with Gasteiger partial charge < -0.3 is 15.5 Å². The summed E-state index contributed by atoms with van der Waals surface area (Å²) < 4.78 is 59.2. The molecular formula is C22H27F3N5O4PS. The first kappa shape index (κ1) is 26.9. The van der Waals surface area contributed by atoms with E-state index < -0.39 is 31.7 Å². The predicted molar refractivity (Wildman–Crippen MR) is 128 cm³/mol. The van der Waals surface area contributed by atoms with Crippen molar-refractivity contribution in [3.63, 3.8) is 0 Å². The zero-order chi connectivity index (χ0) is 26.1. The molecular weight excluding hydrogens is 518 g/mol. The van der Waals surface area contributed by atoms with E-state index in [0.29, 0.717) is 18.0 Å². The van der Waals surface area contributed by atoms with Crippen molar-refractivity contribution in [1.82, 2.24) is 20.0 Å². The number of hydrogen-bond donors (Lipinski definition) is 3. The number of hydrogen-bond acceptors (Lipinski definition) is 7. The minimum atomic E-state index is -4.76. The highest BCUT2D eigenvalue weighted by molar-refractivity contribution is 7.46. The lowest BCUT2D eigenvalue weighted by atomic mass is 9.99. The Bertz CT molecular complexity index is 1250. The van der Waals surface area contributed by atoms with Gasteiger partial charge in [-0.3, -0.25) is 9.21 Å². The van der Waals surface area contributed by atoms with Crippen molar-refractivity contribution in [1.29, 1.82) is 0 Å². The molecule has 1 aliphatic rings. The first-order chi connectivity index (χ1) is 16.8. The zero-order valence-corrected chi connectivity index (χ0v) is 21.2. The van der Waals surface area contributed by atoms with Crippen LogP contribution in [0.1, 0.15) is 49.6 Å². The molecule has 1 atom stereocenters. The van der Waals surface area contributed by atoms with Gasteiger partial charge >= 0.3 is 14.0 Å². The summed E-state index contributed by atoms with van der Waals surface area (Å²) >= 11 is 0.923. The summed E-state index contributed by atoms with van der Waals surface area (Å²) in [6.07, 6.45) is 4.29. The predicted octanol–water partition coefficient (Wildman–Crippen LogP) is 4.95. The Morgan fingerprint density at radius 2 is 1.94 bits per heavy atom. The highest BCUT2D eigenvalue weighted by atomic mass is 32.1. The van der Waals surface area contributed by atoms with Gasteiger partial charge in [-0.1, -0.05) is 49.2 Å². The fourth-order valence-electron chi connectivity index (χ4n) is 4.25. The summed E-state index contributed by atoms with van der Waals surface area (Å²) in [7, 11) is -4.76. The third-order valence-corrected chi connectivity index (χ3v) is 7.92. The number of halogens is 3. The Labute approximate surface area is 209 Å². The monoisotopic (exact) mass is 545 g/mol. The molecule has 0 aliphatic heterocycles. The summed E-state index contributed by atoms with van der Waals surface area (Å²) in [5, 5.41) is 12.5. The van der Waals surface area contributed by atoms with Crippen molar-refractivity contribution in [2.24, 2.45) is 11.7 Å². The third-order valence-electron chi connectivity index (χ3n) is 6.20. The van der Waals surface area contributed by atoms with Gasteiger partial charge in [-0.25, -0.2) is 4.57 Å². The molecule has 0 unspecified atom stereocenters. The fraction of sp³-hybridized carbons (Fsp3) is 0.500. The van der Waals surface area contributed by atoms with Gasteiger partial charge in [0.05, 0.1) is 23.9 Å². The molecule has 9 nitrogen and oxygen atoms in total. The van der Waals surface area contributed by atoms with E-state index in [9.17, 15) is 17.7 Å². The summed E-state index contributed by atoms with van der Waals surface area (Å²) in [6.45, 7) is 1.55. The summed E-state index contributed by atoms with van der Waals surface area (Å²) in [6, 6.07) is 3.91. The van der Waals surface area contributed by atoms with E-state index in [0.717, 1.165) is 23.8 Å². The van der Waals surface area contributed by atoms with Gasteiger partial charge in [0, 0.05) is 23.9 Å². The molecule has 4 rings (SSSR count). The van der Waals surface area contributed by atoms with Crippen LogP contribution in [0.2, 0.25) is 0 Å². The second kappa shape index (κ2) is 10.3. The quantitative estimate of drug-likeness (QED) is 0.321. The number of nitrogens with two attached hydrogens (primary N) is 1. The van der Waals surface area contributed by atoms with Gasteiger partial charge in [-0.15, -0.1) is 10.2 Å². The molecule has 2 heterocycles. The minimum Gasteiger partial charge on any atom is -0.318 e. The molecule has 0 bridgehead atoms. The van der Waals surface area contributed by atoms with Crippen LogP contribution in [-0.4, -0.2) is 36.4 Å². The maximum Gasteiger partial charge on any atom is 0.469 e. The third kappa shape index (κ3) is 6.58. The van der Waals surface area contributed by atoms with E-state index >= 15 is 0 Å². The molecule has 3 aromatic rings. The van der Waals surface area contributed by atoms with Crippen LogP contribution in [0, 0.1) is 5.92 Å². The van der Waals surface area contributed by atoms with Gasteiger partial charge in [-0.2, -0.15) is 18.3 Å². The second-order valence-corrected chi connectivity index (χ2v) is 11.5. The lowest BCUT2D eigenvalue weighted by Gasteiger charge is -2.21. The van der Waals surface area contributed by atoms with Crippen molar-refractivity contribution in [2.45, 2.75) is 57.3 Å². The van der Waals surface area contributed by atoms with E-state index in [1.165, 1.54) is 50.9 Å². The summed E-state index contributed by atoms with van der Waals surface area (Å²) in [5.41, 5.74) is 4.40. The molecule has 2 aromatic heterocycles. The van der Waals surface area contributed by atoms with Crippen LogP contribution in [0.5, 0.6) is 0 Å². The number of rotatable bonds is 9. The van der Waals surface area contributed by atoms with E-state index in [2.05, 4.69) is 19.8 Å². The van der Waals surface area contributed by atoms with Crippen LogP contribution in [0.25, 0.3) is 21.7 Å². The maximum atomic E-state index is 14.0. The molecule has 1 aromatic carbocycles. The number of phosphoric ester groups is 1. The molecule has 0 spiro atoms. The van der Waals surface area contributed by atoms with Crippen LogP contribution < -0.4 is 5.73 Å². The lowest BCUT2D eigenvalue weighted by Crippen LogP contribution is -2.37. The molecule has 0 saturated heterocycles. The second-order valence-electron chi connectivity index (χ2n) is 9.28. The molecule has 1 aliphatic carbocycles. The van der Waals surface area contributed by atoms with Crippen LogP contribution >= 0.6 is 19.2 Å². The first-order valence-corrected chi connectivity index (χ1v) is 13.7.